The normalized spacial score (nSPS) is 11.6. The van der Waals surface area contributed by atoms with E-state index in [-0.39, 0.29) is 5.75 Å². The topological polar surface area (TPSA) is 109 Å². The monoisotopic (exact) mass is 282 g/mol. The highest BCUT2D eigenvalue weighted by molar-refractivity contribution is 8.00. The molecule has 7 heteroatoms. The summed E-state index contributed by atoms with van der Waals surface area (Å²) in [5, 5.41) is 11.1. The van der Waals surface area contributed by atoms with Gasteiger partial charge in [0.05, 0.1) is 11.3 Å². The van der Waals surface area contributed by atoms with E-state index in [4.69, 9.17) is 10.8 Å². The molecule has 4 N–H and O–H groups in total. The number of primary amides is 1. The van der Waals surface area contributed by atoms with E-state index in [9.17, 15) is 14.4 Å². The SMILES string of the molecule is CC(NC(=O)c1ccccc1SCC(N)=O)C(=O)O. The van der Waals surface area contributed by atoms with Gasteiger partial charge in [-0.25, -0.2) is 0 Å². The van der Waals surface area contributed by atoms with Gasteiger partial charge in [-0.3, -0.25) is 14.4 Å². The Hall–Kier alpha value is -2.02. The molecule has 19 heavy (non-hydrogen) atoms. The number of nitrogens with two attached hydrogens (primary N) is 1. The number of carboxylic acids is 1. The molecule has 1 atom stereocenters. The van der Waals surface area contributed by atoms with Crippen LogP contribution in [0.5, 0.6) is 0 Å². The van der Waals surface area contributed by atoms with Gasteiger partial charge in [-0.1, -0.05) is 12.1 Å². The van der Waals surface area contributed by atoms with E-state index in [1.807, 2.05) is 0 Å². The number of aliphatic carboxylic acids is 1. The van der Waals surface area contributed by atoms with Gasteiger partial charge < -0.3 is 16.2 Å². The molecule has 0 saturated heterocycles. The van der Waals surface area contributed by atoms with Crippen LogP contribution >= 0.6 is 11.8 Å². The lowest BCUT2D eigenvalue weighted by atomic mass is 10.2. The number of rotatable bonds is 6. The summed E-state index contributed by atoms with van der Waals surface area (Å²) >= 11 is 1.14. The molecule has 1 unspecified atom stereocenters. The number of hydrogen-bond donors (Lipinski definition) is 3. The molecule has 2 amide bonds. The third-order valence-electron chi connectivity index (χ3n) is 2.22. The summed E-state index contributed by atoms with van der Waals surface area (Å²) in [6.45, 7) is 1.37. The van der Waals surface area contributed by atoms with E-state index in [1.54, 1.807) is 24.3 Å². The Labute approximate surface area is 114 Å². The van der Waals surface area contributed by atoms with E-state index in [1.165, 1.54) is 6.92 Å². The molecule has 102 valence electrons. The first kappa shape index (κ1) is 15.0. The molecular weight excluding hydrogens is 268 g/mol. The summed E-state index contributed by atoms with van der Waals surface area (Å²) in [6, 6.07) is 5.64. The third-order valence-corrected chi connectivity index (χ3v) is 3.32. The van der Waals surface area contributed by atoms with Crippen molar-refractivity contribution in [2.75, 3.05) is 5.75 Å². The number of carbonyl (C=O) groups excluding carboxylic acids is 2. The van der Waals surface area contributed by atoms with E-state index in [2.05, 4.69) is 5.32 Å². The van der Waals surface area contributed by atoms with Crippen molar-refractivity contribution in [1.29, 1.82) is 0 Å². The first-order valence-corrected chi connectivity index (χ1v) is 6.44. The Bertz CT molecular complexity index is 504. The van der Waals surface area contributed by atoms with Gasteiger partial charge in [-0.15, -0.1) is 11.8 Å². The molecule has 0 aliphatic rings. The van der Waals surface area contributed by atoms with Gasteiger partial charge >= 0.3 is 5.97 Å². The van der Waals surface area contributed by atoms with Crippen LogP contribution in [0.4, 0.5) is 0 Å². The fourth-order valence-corrected chi connectivity index (χ4v) is 2.05. The van der Waals surface area contributed by atoms with Crippen LogP contribution in [-0.4, -0.2) is 34.7 Å². The maximum Gasteiger partial charge on any atom is 0.325 e. The van der Waals surface area contributed by atoms with Gasteiger partial charge in [-0.05, 0) is 19.1 Å². The minimum absolute atomic E-state index is 0.0543. The van der Waals surface area contributed by atoms with E-state index >= 15 is 0 Å². The van der Waals surface area contributed by atoms with Crippen molar-refractivity contribution in [1.82, 2.24) is 5.32 Å². The summed E-state index contributed by atoms with van der Waals surface area (Å²) in [4.78, 5) is 33.9. The molecule has 0 bridgehead atoms. The Morgan fingerprint density at radius 2 is 2.00 bits per heavy atom. The first-order chi connectivity index (χ1) is 8.91. The number of thioether (sulfide) groups is 1. The Kier molecular flexibility index (Phi) is 5.37. The predicted octanol–water partition coefficient (Wildman–Crippen LogP) is 0.467. The fraction of sp³-hybridized carbons (Fsp3) is 0.250. The second kappa shape index (κ2) is 6.79. The van der Waals surface area contributed by atoms with E-state index in [0.717, 1.165) is 11.8 Å². The van der Waals surface area contributed by atoms with Crippen molar-refractivity contribution in [2.45, 2.75) is 17.9 Å². The molecule has 0 spiro atoms. The minimum atomic E-state index is -1.12. The van der Waals surface area contributed by atoms with E-state index < -0.39 is 23.8 Å². The molecule has 0 fully saturated rings. The fourth-order valence-electron chi connectivity index (χ4n) is 1.27. The largest absolute Gasteiger partial charge is 0.480 e. The van der Waals surface area contributed by atoms with Gasteiger partial charge in [0.15, 0.2) is 0 Å². The standard InChI is InChI=1S/C12H14N2O4S/c1-7(12(17)18)14-11(16)8-4-2-3-5-9(8)19-6-10(13)15/h2-5,7H,6H2,1H3,(H2,13,15)(H,14,16)(H,17,18). The van der Waals surface area contributed by atoms with Gasteiger partial charge in [-0.2, -0.15) is 0 Å². The van der Waals surface area contributed by atoms with Crippen molar-refractivity contribution in [3.05, 3.63) is 29.8 Å². The summed E-state index contributed by atoms with van der Waals surface area (Å²) < 4.78 is 0. The number of carboxylic acid groups (broad SMARTS) is 1. The van der Waals surface area contributed by atoms with Gasteiger partial charge in [0, 0.05) is 4.90 Å². The quantitative estimate of drug-likeness (QED) is 0.657. The van der Waals surface area contributed by atoms with Crippen LogP contribution in [0.1, 0.15) is 17.3 Å². The number of carbonyl (C=O) groups is 3. The predicted molar refractivity (Wildman–Crippen MR) is 70.9 cm³/mol. The molecule has 6 nitrogen and oxygen atoms in total. The van der Waals surface area contributed by atoms with Crippen LogP contribution in [0.3, 0.4) is 0 Å². The summed E-state index contributed by atoms with van der Waals surface area (Å²) in [7, 11) is 0. The molecule has 0 heterocycles. The van der Waals surface area contributed by atoms with Crippen molar-refractivity contribution in [2.24, 2.45) is 5.73 Å². The molecule has 1 rings (SSSR count). The lowest BCUT2D eigenvalue weighted by Gasteiger charge is -2.11. The number of amides is 2. The molecular formula is C12H14N2O4S. The maximum atomic E-state index is 11.9. The van der Waals surface area contributed by atoms with Crippen LogP contribution in [0.25, 0.3) is 0 Å². The van der Waals surface area contributed by atoms with Gasteiger partial charge in [0.1, 0.15) is 6.04 Å². The molecule has 0 saturated carbocycles. The summed E-state index contributed by atoms with van der Waals surface area (Å²) in [5.74, 6) is -2.05. The van der Waals surface area contributed by atoms with Crippen molar-refractivity contribution in [3.8, 4) is 0 Å². The number of benzene rings is 1. The minimum Gasteiger partial charge on any atom is -0.480 e. The van der Waals surface area contributed by atoms with Crippen LogP contribution in [-0.2, 0) is 9.59 Å². The Morgan fingerprint density at radius 1 is 1.37 bits per heavy atom. The molecule has 0 aliphatic heterocycles. The van der Waals surface area contributed by atoms with Crippen molar-refractivity contribution >= 4 is 29.5 Å². The summed E-state index contributed by atoms with van der Waals surface area (Å²) in [5.41, 5.74) is 5.37. The molecule has 0 aromatic heterocycles. The van der Waals surface area contributed by atoms with Crippen LogP contribution in [0.2, 0.25) is 0 Å². The smallest absolute Gasteiger partial charge is 0.325 e. The Morgan fingerprint density at radius 3 is 2.58 bits per heavy atom. The number of hydrogen-bond acceptors (Lipinski definition) is 4. The van der Waals surface area contributed by atoms with Gasteiger partial charge in [0.2, 0.25) is 5.91 Å². The second-order valence-corrected chi connectivity index (χ2v) is 4.80. The third kappa shape index (κ3) is 4.63. The van der Waals surface area contributed by atoms with Crippen LogP contribution < -0.4 is 11.1 Å². The lowest BCUT2D eigenvalue weighted by molar-refractivity contribution is -0.138. The highest BCUT2D eigenvalue weighted by Gasteiger charge is 2.17. The highest BCUT2D eigenvalue weighted by Crippen LogP contribution is 2.22. The van der Waals surface area contributed by atoms with Crippen molar-refractivity contribution in [3.63, 3.8) is 0 Å². The average Bonchev–Trinajstić information content (AvgIpc) is 2.36. The average molecular weight is 282 g/mol. The number of nitrogens with one attached hydrogen (secondary N) is 1. The van der Waals surface area contributed by atoms with Crippen LogP contribution in [0.15, 0.2) is 29.2 Å². The Balaban J connectivity index is 2.84. The summed E-state index contributed by atoms with van der Waals surface area (Å²) in [6.07, 6.45) is 0. The highest BCUT2D eigenvalue weighted by atomic mass is 32.2. The van der Waals surface area contributed by atoms with Crippen molar-refractivity contribution < 1.29 is 19.5 Å². The maximum absolute atomic E-state index is 11.9. The van der Waals surface area contributed by atoms with E-state index in [0.29, 0.717) is 10.5 Å². The van der Waals surface area contributed by atoms with Crippen LogP contribution in [0, 0.1) is 0 Å². The van der Waals surface area contributed by atoms with Gasteiger partial charge in [0.25, 0.3) is 5.91 Å². The second-order valence-electron chi connectivity index (χ2n) is 3.78. The zero-order valence-corrected chi connectivity index (χ0v) is 11.1. The first-order valence-electron chi connectivity index (χ1n) is 5.45. The molecule has 1 aromatic rings. The molecule has 0 aliphatic carbocycles. The molecule has 1 aromatic carbocycles. The molecule has 0 radical (unpaired) electrons. The lowest BCUT2D eigenvalue weighted by Crippen LogP contribution is -2.38. The zero-order valence-electron chi connectivity index (χ0n) is 10.3. The zero-order chi connectivity index (χ0) is 14.4.